The molecule has 0 unspecified atom stereocenters. The second-order valence-electron chi connectivity index (χ2n) is 4.61. The zero-order valence-electron chi connectivity index (χ0n) is 13.0. The van der Waals surface area contributed by atoms with Crippen molar-refractivity contribution in [1.82, 2.24) is 5.32 Å². The minimum Gasteiger partial charge on any atom is -0.484 e. The van der Waals surface area contributed by atoms with Gasteiger partial charge in [-0.3, -0.25) is 9.59 Å². The summed E-state index contributed by atoms with van der Waals surface area (Å²) in [4.78, 5) is 34.2. The van der Waals surface area contributed by atoms with Crippen molar-refractivity contribution in [3.63, 3.8) is 0 Å². The van der Waals surface area contributed by atoms with E-state index in [1.807, 2.05) is 0 Å². The number of methoxy groups -OCH3 is 1. The lowest BCUT2D eigenvalue weighted by Crippen LogP contribution is -2.37. The van der Waals surface area contributed by atoms with Crippen LogP contribution >= 0.6 is 0 Å². The molecule has 0 aliphatic heterocycles. The van der Waals surface area contributed by atoms with Gasteiger partial charge < -0.3 is 25.3 Å². The number of hydrogen-bond acceptors (Lipinski definition) is 6. The fourth-order valence-electron chi connectivity index (χ4n) is 1.54. The third kappa shape index (κ3) is 6.79. The highest BCUT2D eigenvalue weighted by Crippen LogP contribution is 2.13. The van der Waals surface area contributed by atoms with Crippen molar-refractivity contribution < 1.29 is 28.6 Å². The van der Waals surface area contributed by atoms with Crippen LogP contribution in [-0.2, 0) is 19.1 Å². The Morgan fingerprint density at radius 2 is 1.87 bits per heavy atom. The Kier molecular flexibility index (Phi) is 7.55. The second-order valence-corrected chi connectivity index (χ2v) is 4.61. The fraction of sp³-hybridized carbons (Fsp3) is 0.400. The Labute approximate surface area is 133 Å². The monoisotopic (exact) mass is 324 g/mol. The van der Waals surface area contributed by atoms with Gasteiger partial charge in [-0.05, 0) is 31.2 Å². The predicted octanol–water partition coefficient (Wildman–Crippen LogP) is -0.141. The summed E-state index contributed by atoms with van der Waals surface area (Å²) in [5.41, 5.74) is 5.22. The number of amides is 2. The molecule has 0 radical (unpaired) electrons. The predicted molar refractivity (Wildman–Crippen MR) is 80.9 cm³/mol. The van der Waals surface area contributed by atoms with E-state index in [4.69, 9.17) is 19.9 Å². The van der Waals surface area contributed by atoms with Crippen molar-refractivity contribution in [2.75, 3.05) is 26.9 Å². The average Bonchev–Trinajstić information content (AvgIpc) is 2.53. The molecule has 1 rings (SSSR count). The summed E-state index contributed by atoms with van der Waals surface area (Å²) >= 11 is 0. The highest BCUT2D eigenvalue weighted by molar-refractivity contribution is 5.92. The number of carbonyl (C=O) groups is 3. The van der Waals surface area contributed by atoms with Gasteiger partial charge in [0.15, 0.2) is 12.7 Å². The summed E-state index contributed by atoms with van der Waals surface area (Å²) in [6.07, 6.45) is -0.926. The molecule has 0 heterocycles. The smallest absolute Gasteiger partial charge is 0.338 e. The molecule has 8 nitrogen and oxygen atoms in total. The first-order valence-electron chi connectivity index (χ1n) is 6.93. The maximum absolute atomic E-state index is 11.9. The van der Waals surface area contributed by atoms with Gasteiger partial charge >= 0.3 is 5.97 Å². The maximum Gasteiger partial charge on any atom is 0.338 e. The van der Waals surface area contributed by atoms with E-state index in [2.05, 4.69) is 5.32 Å². The number of ether oxygens (including phenoxy) is 3. The molecule has 0 spiro atoms. The van der Waals surface area contributed by atoms with Crippen molar-refractivity contribution in [1.29, 1.82) is 0 Å². The number of nitrogens with two attached hydrogens (primary N) is 1. The first kappa shape index (κ1) is 18.4. The van der Waals surface area contributed by atoms with Gasteiger partial charge in [0.25, 0.3) is 11.8 Å². The molecule has 0 fully saturated rings. The molecule has 0 saturated carbocycles. The molecular weight excluding hydrogens is 304 g/mol. The summed E-state index contributed by atoms with van der Waals surface area (Å²) in [5, 5.41) is 2.57. The molecule has 8 heteroatoms. The molecule has 1 aromatic carbocycles. The van der Waals surface area contributed by atoms with Gasteiger partial charge in [-0.1, -0.05) is 0 Å². The third-order valence-corrected chi connectivity index (χ3v) is 2.73. The molecule has 1 aromatic rings. The van der Waals surface area contributed by atoms with Crippen LogP contribution in [0.1, 0.15) is 17.3 Å². The topological polar surface area (TPSA) is 117 Å². The van der Waals surface area contributed by atoms with Gasteiger partial charge in [-0.25, -0.2) is 4.79 Å². The lowest BCUT2D eigenvalue weighted by molar-refractivity contribution is -0.129. The van der Waals surface area contributed by atoms with E-state index >= 15 is 0 Å². The standard InChI is InChI=1S/C15H20N2O6/c1-10(14(19)17-7-8-21-2)23-15(20)11-3-5-12(6-4-11)22-9-13(16)18/h3-6,10H,7-9H2,1-2H3,(H2,16,18)(H,17,19)/t10-/m0/s1. The molecule has 0 bridgehead atoms. The summed E-state index contributed by atoms with van der Waals surface area (Å²) in [7, 11) is 1.52. The van der Waals surface area contributed by atoms with Crippen LogP contribution in [0.3, 0.4) is 0 Å². The van der Waals surface area contributed by atoms with Crippen molar-refractivity contribution in [2.24, 2.45) is 5.73 Å². The van der Waals surface area contributed by atoms with Crippen LogP contribution in [0.15, 0.2) is 24.3 Å². The van der Waals surface area contributed by atoms with Gasteiger partial charge in [0.05, 0.1) is 12.2 Å². The first-order valence-corrected chi connectivity index (χ1v) is 6.93. The van der Waals surface area contributed by atoms with Crippen molar-refractivity contribution in [2.45, 2.75) is 13.0 Å². The summed E-state index contributed by atoms with van der Waals surface area (Å²) in [5.74, 6) is -1.25. The molecule has 0 aliphatic carbocycles. The molecule has 0 saturated heterocycles. The van der Waals surface area contributed by atoms with Gasteiger partial charge in [0, 0.05) is 13.7 Å². The zero-order chi connectivity index (χ0) is 17.2. The van der Waals surface area contributed by atoms with Crippen LogP contribution in [0.2, 0.25) is 0 Å². The molecule has 126 valence electrons. The van der Waals surface area contributed by atoms with Crippen molar-refractivity contribution in [3.8, 4) is 5.75 Å². The normalized spacial score (nSPS) is 11.4. The number of hydrogen-bond donors (Lipinski definition) is 2. The van der Waals surface area contributed by atoms with Gasteiger partial charge in [-0.2, -0.15) is 0 Å². The molecule has 1 atom stereocenters. The largest absolute Gasteiger partial charge is 0.484 e. The Balaban J connectivity index is 2.50. The maximum atomic E-state index is 11.9. The van der Waals surface area contributed by atoms with Gasteiger partial charge in [0.1, 0.15) is 5.75 Å². The number of benzene rings is 1. The summed E-state index contributed by atoms with van der Waals surface area (Å²) in [6.45, 7) is 1.94. The first-order chi connectivity index (χ1) is 10.9. The molecule has 23 heavy (non-hydrogen) atoms. The Morgan fingerprint density at radius 1 is 1.22 bits per heavy atom. The van der Waals surface area contributed by atoms with Crippen LogP contribution in [0, 0.1) is 0 Å². The quantitative estimate of drug-likeness (QED) is 0.482. The number of primary amides is 1. The number of rotatable bonds is 9. The summed E-state index contributed by atoms with van der Waals surface area (Å²) < 4.78 is 14.9. The van der Waals surface area contributed by atoms with Crippen molar-refractivity contribution >= 4 is 17.8 Å². The van der Waals surface area contributed by atoms with Crippen LogP contribution in [0.4, 0.5) is 0 Å². The molecule has 0 aliphatic rings. The highest BCUT2D eigenvalue weighted by Gasteiger charge is 2.18. The van der Waals surface area contributed by atoms with Crippen LogP contribution in [0.25, 0.3) is 0 Å². The SMILES string of the molecule is COCCNC(=O)[C@H](C)OC(=O)c1ccc(OCC(N)=O)cc1. The molecular formula is C15H20N2O6. The Bertz CT molecular complexity index is 543. The second kappa shape index (κ2) is 9.42. The lowest BCUT2D eigenvalue weighted by atomic mass is 10.2. The molecule has 2 amide bonds. The zero-order valence-corrected chi connectivity index (χ0v) is 13.0. The minimum absolute atomic E-state index is 0.248. The van der Waals surface area contributed by atoms with E-state index in [-0.39, 0.29) is 12.2 Å². The Hall–Kier alpha value is -2.61. The van der Waals surface area contributed by atoms with E-state index in [0.717, 1.165) is 0 Å². The van der Waals surface area contributed by atoms with Crippen LogP contribution in [-0.4, -0.2) is 50.8 Å². The van der Waals surface area contributed by atoms with E-state index in [1.54, 1.807) is 0 Å². The van der Waals surface area contributed by atoms with Crippen molar-refractivity contribution in [3.05, 3.63) is 29.8 Å². The minimum atomic E-state index is -0.926. The molecule has 0 aromatic heterocycles. The highest BCUT2D eigenvalue weighted by atomic mass is 16.5. The Morgan fingerprint density at radius 3 is 2.43 bits per heavy atom. The van der Waals surface area contributed by atoms with E-state index in [1.165, 1.54) is 38.3 Å². The van der Waals surface area contributed by atoms with Crippen LogP contribution in [0.5, 0.6) is 5.75 Å². The fourth-order valence-corrected chi connectivity index (χ4v) is 1.54. The van der Waals surface area contributed by atoms with Crippen LogP contribution < -0.4 is 15.8 Å². The van der Waals surface area contributed by atoms with E-state index in [0.29, 0.717) is 18.9 Å². The van der Waals surface area contributed by atoms with E-state index < -0.39 is 23.9 Å². The lowest BCUT2D eigenvalue weighted by Gasteiger charge is -2.13. The van der Waals surface area contributed by atoms with E-state index in [9.17, 15) is 14.4 Å². The number of nitrogens with one attached hydrogen (secondary N) is 1. The number of carbonyl (C=O) groups excluding carboxylic acids is 3. The molecule has 3 N–H and O–H groups in total. The third-order valence-electron chi connectivity index (χ3n) is 2.73. The number of esters is 1. The van der Waals surface area contributed by atoms with Gasteiger partial charge in [-0.15, -0.1) is 0 Å². The van der Waals surface area contributed by atoms with Gasteiger partial charge in [0.2, 0.25) is 0 Å². The summed E-state index contributed by atoms with van der Waals surface area (Å²) in [6, 6.07) is 5.94. The average molecular weight is 324 g/mol.